The van der Waals surface area contributed by atoms with Crippen molar-refractivity contribution < 1.29 is 21.6 Å². The minimum Gasteiger partial charge on any atom is -0.351 e. The number of sulfonamides is 1. The number of likely N-dealkylation sites (N-methyl/N-ethyl adjacent to an activating group) is 1. The molecule has 1 aliphatic heterocycles. The highest BCUT2D eigenvalue weighted by atomic mass is 32.2. The Bertz CT molecular complexity index is 953. The molecule has 2 rings (SSSR count). The number of benzene rings is 1. The van der Waals surface area contributed by atoms with E-state index in [1.54, 1.807) is 13.8 Å². The van der Waals surface area contributed by atoms with Gasteiger partial charge in [-0.1, -0.05) is 32.9 Å². The molecule has 0 bridgehead atoms. The van der Waals surface area contributed by atoms with E-state index < -0.39 is 31.8 Å². The third kappa shape index (κ3) is 5.12. The molecule has 1 aliphatic rings. The molecule has 0 aromatic heterocycles. The maximum absolute atomic E-state index is 13.1. The molecule has 0 saturated carbocycles. The fourth-order valence-electron chi connectivity index (χ4n) is 3.42. The van der Waals surface area contributed by atoms with Gasteiger partial charge in [-0.3, -0.25) is 4.79 Å². The first kappa shape index (κ1) is 22.8. The van der Waals surface area contributed by atoms with Crippen molar-refractivity contribution in [1.82, 2.24) is 9.62 Å². The zero-order valence-electron chi connectivity index (χ0n) is 17.4. The topological polar surface area (TPSA) is 101 Å². The summed E-state index contributed by atoms with van der Waals surface area (Å²) < 4.78 is 50.1. The Hall–Kier alpha value is -1.45. The lowest BCUT2D eigenvalue weighted by Gasteiger charge is -2.24. The molecule has 1 fully saturated rings. The number of nitrogens with one attached hydrogen (secondary N) is 1. The van der Waals surface area contributed by atoms with Crippen LogP contribution in [-0.2, 0) is 30.1 Å². The fraction of sp³-hybridized carbons (Fsp3) is 0.632. The molecular weight excluding hydrogens is 400 g/mol. The van der Waals surface area contributed by atoms with Crippen LogP contribution in [0.2, 0.25) is 0 Å². The fourth-order valence-corrected chi connectivity index (χ4v) is 6.62. The summed E-state index contributed by atoms with van der Waals surface area (Å²) >= 11 is 0. The lowest BCUT2D eigenvalue weighted by molar-refractivity contribution is -0.121. The van der Waals surface area contributed by atoms with E-state index in [1.165, 1.54) is 7.05 Å². The Morgan fingerprint density at radius 2 is 1.75 bits per heavy atom. The van der Waals surface area contributed by atoms with E-state index >= 15 is 0 Å². The highest BCUT2D eigenvalue weighted by molar-refractivity contribution is 7.91. The van der Waals surface area contributed by atoms with E-state index in [-0.39, 0.29) is 28.4 Å². The molecule has 7 nitrogen and oxygen atoms in total. The lowest BCUT2D eigenvalue weighted by atomic mass is 9.85. The van der Waals surface area contributed by atoms with Gasteiger partial charge in [-0.25, -0.2) is 16.8 Å². The Morgan fingerprint density at radius 3 is 2.18 bits per heavy atom. The monoisotopic (exact) mass is 430 g/mol. The average molecular weight is 431 g/mol. The number of hydrogen-bond acceptors (Lipinski definition) is 5. The molecule has 0 aliphatic carbocycles. The van der Waals surface area contributed by atoms with Crippen molar-refractivity contribution in [2.24, 2.45) is 0 Å². The molecule has 1 aromatic carbocycles. The van der Waals surface area contributed by atoms with Gasteiger partial charge in [0.15, 0.2) is 9.84 Å². The quantitative estimate of drug-likeness (QED) is 0.763. The highest BCUT2D eigenvalue weighted by Crippen LogP contribution is 2.30. The van der Waals surface area contributed by atoms with E-state index in [4.69, 9.17) is 0 Å². The SMILES string of the molecule is Cc1cc(C(C)(C)C)cc(C)c1S(=O)(=O)N(C)CC(=O)NC1CCS(=O)(=O)C1. The van der Waals surface area contributed by atoms with E-state index in [9.17, 15) is 21.6 Å². The van der Waals surface area contributed by atoms with Gasteiger partial charge in [0.05, 0.1) is 22.9 Å². The van der Waals surface area contributed by atoms with Crippen molar-refractivity contribution >= 4 is 25.8 Å². The van der Waals surface area contributed by atoms with Gasteiger partial charge in [0.2, 0.25) is 15.9 Å². The van der Waals surface area contributed by atoms with Crippen LogP contribution >= 0.6 is 0 Å². The summed E-state index contributed by atoms with van der Waals surface area (Å²) in [6.07, 6.45) is 0.358. The van der Waals surface area contributed by atoms with Crippen molar-refractivity contribution in [2.75, 3.05) is 25.1 Å². The molecule has 1 heterocycles. The molecule has 1 aromatic rings. The summed E-state index contributed by atoms with van der Waals surface area (Å²) in [5, 5.41) is 2.62. The van der Waals surface area contributed by atoms with Gasteiger partial charge < -0.3 is 5.32 Å². The van der Waals surface area contributed by atoms with Gasteiger partial charge in [-0.05, 0) is 42.4 Å². The van der Waals surface area contributed by atoms with Crippen LogP contribution in [0, 0.1) is 13.8 Å². The number of rotatable bonds is 5. The third-order valence-corrected chi connectivity index (χ3v) is 8.84. The summed E-state index contributed by atoms with van der Waals surface area (Å²) in [5.41, 5.74) is 2.22. The van der Waals surface area contributed by atoms with E-state index in [1.807, 2.05) is 12.1 Å². The standard InChI is InChI=1S/C19H30N2O5S2/c1-13-9-15(19(3,4)5)10-14(2)18(13)28(25,26)21(6)11-17(22)20-16-7-8-27(23,24)12-16/h9-10,16H,7-8,11-12H2,1-6H3,(H,20,22). The molecule has 1 N–H and O–H groups in total. The molecular formula is C19H30N2O5S2. The smallest absolute Gasteiger partial charge is 0.243 e. The third-order valence-electron chi connectivity index (χ3n) is 4.96. The molecule has 1 saturated heterocycles. The van der Waals surface area contributed by atoms with Crippen molar-refractivity contribution in [3.8, 4) is 0 Å². The van der Waals surface area contributed by atoms with Crippen LogP contribution in [-0.4, -0.2) is 58.2 Å². The Labute approximate surface area is 168 Å². The van der Waals surface area contributed by atoms with Crippen molar-refractivity contribution in [3.05, 3.63) is 28.8 Å². The van der Waals surface area contributed by atoms with Crippen LogP contribution in [0.1, 0.15) is 43.9 Å². The second-order valence-corrected chi connectivity index (χ2v) is 12.8. The van der Waals surface area contributed by atoms with Crippen LogP contribution in [0.25, 0.3) is 0 Å². The number of hydrogen-bond donors (Lipinski definition) is 1. The second kappa shape index (κ2) is 7.76. The largest absolute Gasteiger partial charge is 0.351 e. The van der Waals surface area contributed by atoms with Gasteiger partial charge in [0, 0.05) is 13.1 Å². The van der Waals surface area contributed by atoms with Crippen LogP contribution in [0.5, 0.6) is 0 Å². The lowest BCUT2D eigenvalue weighted by Crippen LogP contribution is -2.43. The molecule has 1 unspecified atom stereocenters. The number of aryl methyl sites for hydroxylation is 2. The maximum Gasteiger partial charge on any atom is 0.243 e. The van der Waals surface area contributed by atoms with Crippen molar-refractivity contribution in [1.29, 1.82) is 0 Å². The van der Waals surface area contributed by atoms with Crippen LogP contribution in [0.15, 0.2) is 17.0 Å². The number of sulfone groups is 1. The van der Waals surface area contributed by atoms with Gasteiger partial charge in [-0.2, -0.15) is 4.31 Å². The minimum absolute atomic E-state index is 0.0462. The van der Waals surface area contributed by atoms with E-state index in [2.05, 4.69) is 26.1 Å². The first-order valence-corrected chi connectivity index (χ1v) is 12.5. The average Bonchev–Trinajstić information content (AvgIpc) is 2.83. The van der Waals surface area contributed by atoms with Crippen molar-refractivity contribution in [2.45, 2.75) is 57.4 Å². The second-order valence-electron chi connectivity index (χ2n) is 8.62. The summed E-state index contributed by atoms with van der Waals surface area (Å²) in [5.74, 6) is -0.554. The first-order chi connectivity index (χ1) is 12.6. The molecule has 158 valence electrons. The normalized spacial score (nSPS) is 19.8. The number of carbonyl (C=O) groups is 1. The number of carbonyl (C=O) groups excluding carboxylic acids is 1. The molecule has 0 radical (unpaired) electrons. The van der Waals surface area contributed by atoms with Gasteiger partial charge in [-0.15, -0.1) is 0 Å². The molecule has 28 heavy (non-hydrogen) atoms. The van der Waals surface area contributed by atoms with Gasteiger partial charge in [0.25, 0.3) is 0 Å². The first-order valence-electron chi connectivity index (χ1n) is 9.21. The predicted octanol–water partition coefficient (Wildman–Crippen LogP) is 1.52. The number of nitrogens with zero attached hydrogens (tertiary/aromatic N) is 1. The van der Waals surface area contributed by atoms with Crippen molar-refractivity contribution in [3.63, 3.8) is 0 Å². The molecule has 0 spiro atoms. The molecule has 1 amide bonds. The van der Waals surface area contributed by atoms with Crippen LogP contribution in [0.3, 0.4) is 0 Å². The van der Waals surface area contributed by atoms with Crippen LogP contribution < -0.4 is 5.32 Å². The summed E-state index contributed by atoms with van der Waals surface area (Å²) in [6.45, 7) is 9.34. The zero-order valence-corrected chi connectivity index (χ0v) is 19.0. The molecule has 1 atom stereocenters. The van der Waals surface area contributed by atoms with E-state index in [0.29, 0.717) is 17.5 Å². The van der Waals surface area contributed by atoms with Gasteiger partial charge >= 0.3 is 0 Å². The van der Waals surface area contributed by atoms with E-state index in [0.717, 1.165) is 9.87 Å². The summed E-state index contributed by atoms with van der Waals surface area (Å²) in [6, 6.07) is 3.29. The predicted molar refractivity (Wildman–Crippen MR) is 110 cm³/mol. The summed E-state index contributed by atoms with van der Waals surface area (Å²) in [7, 11) is -5.62. The van der Waals surface area contributed by atoms with Gasteiger partial charge in [0.1, 0.15) is 0 Å². The highest BCUT2D eigenvalue weighted by Gasteiger charge is 2.31. The summed E-state index contributed by atoms with van der Waals surface area (Å²) in [4.78, 5) is 12.4. The Kier molecular flexibility index (Phi) is 6.33. The Morgan fingerprint density at radius 1 is 1.21 bits per heavy atom. The molecule has 9 heteroatoms. The number of amides is 1. The van der Waals surface area contributed by atoms with Crippen LogP contribution in [0.4, 0.5) is 0 Å². The Balaban J connectivity index is 2.19. The maximum atomic E-state index is 13.1. The zero-order chi connectivity index (χ0) is 21.5. The minimum atomic E-state index is -3.86.